The second-order valence-electron chi connectivity index (χ2n) is 7.33. The van der Waals surface area contributed by atoms with Crippen LogP contribution in [0.15, 0.2) is 46.9 Å². The van der Waals surface area contributed by atoms with E-state index in [-0.39, 0.29) is 5.75 Å². The molecule has 0 unspecified atom stereocenters. The number of amides is 3. The molecule has 10 heteroatoms. The van der Waals surface area contributed by atoms with Gasteiger partial charge in [-0.05, 0) is 44.4 Å². The summed E-state index contributed by atoms with van der Waals surface area (Å²) in [6, 6.07) is 10.9. The Balaban J connectivity index is 1.84. The maximum atomic E-state index is 12.2. The standard InChI is InChI=1S/C20H23N5O3S2/c1-20(2,3)22-18(27)21-16(26)12-30-19-24-23-17(15-10-7-11-29-15)25(19)13-8-5-6-9-14(13)28-4/h5-11H,12H2,1-4H3,(H2,21,22,26,27). The third-order valence-electron chi connectivity index (χ3n) is 3.77. The van der Waals surface area contributed by atoms with E-state index in [1.54, 1.807) is 18.4 Å². The van der Waals surface area contributed by atoms with Gasteiger partial charge in [-0.15, -0.1) is 21.5 Å². The average Bonchev–Trinajstić information content (AvgIpc) is 3.34. The average molecular weight is 446 g/mol. The van der Waals surface area contributed by atoms with Crippen LogP contribution < -0.4 is 15.4 Å². The highest BCUT2D eigenvalue weighted by Crippen LogP contribution is 2.33. The quantitative estimate of drug-likeness (QED) is 0.561. The number of methoxy groups -OCH3 is 1. The molecular formula is C20H23N5O3S2. The number of imide groups is 1. The SMILES string of the molecule is COc1ccccc1-n1c(SCC(=O)NC(=O)NC(C)(C)C)nnc1-c1cccs1. The number of carbonyl (C=O) groups excluding carboxylic acids is 2. The molecule has 2 N–H and O–H groups in total. The van der Waals surface area contributed by atoms with E-state index in [1.807, 2.05) is 67.1 Å². The Morgan fingerprint density at radius 2 is 1.93 bits per heavy atom. The van der Waals surface area contributed by atoms with Gasteiger partial charge in [0.05, 0.1) is 23.4 Å². The Labute approximate surface area is 183 Å². The second kappa shape index (κ2) is 9.31. The number of benzene rings is 1. The molecule has 0 aliphatic carbocycles. The molecule has 0 fully saturated rings. The first-order chi connectivity index (χ1) is 14.3. The Morgan fingerprint density at radius 3 is 2.60 bits per heavy atom. The van der Waals surface area contributed by atoms with Crippen LogP contribution >= 0.6 is 23.1 Å². The molecule has 2 heterocycles. The van der Waals surface area contributed by atoms with Crippen molar-refractivity contribution in [2.45, 2.75) is 31.5 Å². The highest BCUT2D eigenvalue weighted by atomic mass is 32.2. The summed E-state index contributed by atoms with van der Waals surface area (Å²) in [6.45, 7) is 5.52. The molecule has 1 aromatic carbocycles. The lowest BCUT2D eigenvalue weighted by molar-refractivity contribution is -0.117. The second-order valence-corrected chi connectivity index (χ2v) is 9.22. The van der Waals surface area contributed by atoms with Gasteiger partial charge in [0.1, 0.15) is 5.75 Å². The molecule has 0 aliphatic heterocycles. The number of hydrogen-bond acceptors (Lipinski definition) is 7. The van der Waals surface area contributed by atoms with E-state index in [4.69, 9.17) is 4.74 Å². The number of thioether (sulfide) groups is 1. The maximum absolute atomic E-state index is 12.2. The highest BCUT2D eigenvalue weighted by Gasteiger charge is 2.21. The number of hydrogen-bond donors (Lipinski definition) is 2. The molecule has 0 atom stereocenters. The third-order valence-corrected chi connectivity index (χ3v) is 5.57. The van der Waals surface area contributed by atoms with Crippen molar-refractivity contribution in [2.75, 3.05) is 12.9 Å². The first-order valence-corrected chi connectivity index (χ1v) is 11.0. The normalized spacial score (nSPS) is 11.2. The summed E-state index contributed by atoms with van der Waals surface area (Å²) in [4.78, 5) is 25.1. The van der Waals surface area contributed by atoms with Crippen LogP contribution in [0, 0.1) is 0 Å². The van der Waals surface area contributed by atoms with Crippen LogP contribution in [0.25, 0.3) is 16.4 Å². The molecule has 3 aromatic rings. The van der Waals surface area contributed by atoms with Crippen molar-refractivity contribution in [1.82, 2.24) is 25.4 Å². The number of thiophene rings is 1. The van der Waals surface area contributed by atoms with Gasteiger partial charge < -0.3 is 10.1 Å². The summed E-state index contributed by atoms with van der Waals surface area (Å²) in [5.74, 6) is 0.901. The lowest BCUT2D eigenvalue weighted by atomic mass is 10.1. The summed E-state index contributed by atoms with van der Waals surface area (Å²) in [5, 5.41) is 16.1. The zero-order valence-electron chi connectivity index (χ0n) is 17.1. The number of carbonyl (C=O) groups is 2. The first-order valence-electron chi connectivity index (χ1n) is 9.16. The van der Waals surface area contributed by atoms with Crippen LogP contribution in [0.2, 0.25) is 0 Å². The van der Waals surface area contributed by atoms with Crippen LogP contribution in [0.5, 0.6) is 5.75 Å². The number of nitrogens with zero attached hydrogens (tertiary/aromatic N) is 3. The smallest absolute Gasteiger partial charge is 0.321 e. The van der Waals surface area contributed by atoms with Gasteiger partial charge in [-0.25, -0.2) is 4.79 Å². The van der Waals surface area contributed by atoms with E-state index in [0.717, 1.165) is 10.6 Å². The van der Waals surface area contributed by atoms with Crippen molar-refractivity contribution < 1.29 is 14.3 Å². The summed E-state index contributed by atoms with van der Waals surface area (Å²) < 4.78 is 7.37. The third kappa shape index (κ3) is 5.39. The molecule has 30 heavy (non-hydrogen) atoms. The molecule has 3 amide bonds. The van der Waals surface area contributed by atoms with Gasteiger partial charge in [-0.1, -0.05) is 30.0 Å². The van der Waals surface area contributed by atoms with E-state index < -0.39 is 17.5 Å². The molecule has 0 saturated carbocycles. The first kappa shape index (κ1) is 21.8. The Bertz CT molecular complexity index is 1030. The monoisotopic (exact) mass is 445 g/mol. The van der Waals surface area contributed by atoms with Crippen molar-refractivity contribution in [1.29, 1.82) is 0 Å². The fourth-order valence-corrected chi connectivity index (χ4v) is 4.07. The number of ether oxygens (including phenoxy) is 1. The van der Waals surface area contributed by atoms with Crippen molar-refractivity contribution in [3.8, 4) is 22.1 Å². The molecule has 0 bridgehead atoms. The summed E-state index contributed by atoms with van der Waals surface area (Å²) in [5.41, 5.74) is 0.332. The number of rotatable bonds is 6. The zero-order valence-corrected chi connectivity index (χ0v) is 18.8. The fraction of sp³-hybridized carbons (Fsp3) is 0.300. The van der Waals surface area contributed by atoms with Gasteiger partial charge in [-0.2, -0.15) is 0 Å². The number of para-hydroxylation sites is 2. The van der Waals surface area contributed by atoms with Gasteiger partial charge in [0.2, 0.25) is 5.91 Å². The summed E-state index contributed by atoms with van der Waals surface area (Å²) in [6.07, 6.45) is 0. The van der Waals surface area contributed by atoms with E-state index in [9.17, 15) is 9.59 Å². The predicted molar refractivity (Wildman–Crippen MR) is 118 cm³/mol. The van der Waals surface area contributed by atoms with Crippen LogP contribution in [-0.4, -0.2) is 45.1 Å². The summed E-state index contributed by atoms with van der Waals surface area (Å²) >= 11 is 2.74. The molecule has 0 spiro atoms. The molecule has 158 valence electrons. The number of urea groups is 1. The van der Waals surface area contributed by atoms with Gasteiger partial charge in [0, 0.05) is 5.54 Å². The number of aromatic nitrogens is 3. The van der Waals surface area contributed by atoms with E-state index in [0.29, 0.717) is 16.7 Å². The zero-order chi connectivity index (χ0) is 21.7. The molecule has 0 saturated heterocycles. The molecule has 3 rings (SSSR count). The number of nitrogens with one attached hydrogen (secondary N) is 2. The largest absolute Gasteiger partial charge is 0.495 e. The molecular weight excluding hydrogens is 422 g/mol. The minimum absolute atomic E-state index is 0.00921. The molecule has 2 aromatic heterocycles. The fourth-order valence-electron chi connectivity index (χ4n) is 2.63. The summed E-state index contributed by atoms with van der Waals surface area (Å²) in [7, 11) is 1.60. The van der Waals surface area contributed by atoms with Crippen molar-refractivity contribution in [2.24, 2.45) is 0 Å². The van der Waals surface area contributed by atoms with Crippen LogP contribution in [-0.2, 0) is 4.79 Å². The van der Waals surface area contributed by atoms with E-state index in [1.165, 1.54) is 11.8 Å². The maximum Gasteiger partial charge on any atom is 0.321 e. The van der Waals surface area contributed by atoms with Crippen LogP contribution in [0.4, 0.5) is 4.79 Å². The Kier molecular flexibility index (Phi) is 6.78. The van der Waals surface area contributed by atoms with Crippen molar-refractivity contribution in [3.05, 3.63) is 41.8 Å². The van der Waals surface area contributed by atoms with Gasteiger partial charge >= 0.3 is 6.03 Å². The van der Waals surface area contributed by atoms with Gasteiger partial charge in [0.25, 0.3) is 0 Å². The predicted octanol–water partition coefficient (Wildman–Crippen LogP) is 3.72. The molecule has 0 radical (unpaired) electrons. The topological polar surface area (TPSA) is 98.1 Å². The minimum Gasteiger partial charge on any atom is -0.495 e. The van der Waals surface area contributed by atoms with Gasteiger partial charge in [-0.3, -0.25) is 14.7 Å². The van der Waals surface area contributed by atoms with E-state index >= 15 is 0 Å². The minimum atomic E-state index is -0.529. The van der Waals surface area contributed by atoms with E-state index in [2.05, 4.69) is 20.8 Å². The van der Waals surface area contributed by atoms with Crippen molar-refractivity contribution >= 4 is 35.0 Å². The molecule has 8 nitrogen and oxygen atoms in total. The van der Waals surface area contributed by atoms with Gasteiger partial charge in [0.15, 0.2) is 11.0 Å². The highest BCUT2D eigenvalue weighted by molar-refractivity contribution is 7.99. The lowest BCUT2D eigenvalue weighted by Crippen LogP contribution is -2.48. The van der Waals surface area contributed by atoms with Crippen molar-refractivity contribution in [3.63, 3.8) is 0 Å². The lowest BCUT2D eigenvalue weighted by Gasteiger charge is -2.20. The van der Waals surface area contributed by atoms with Crippen LogP contribution in [0.3, 0.4) is 0 Å². The van der Waals surface area contributed by atoms with Crippen LogP contribution in [0.1, 0.15) is 20.8 Å². The Morgan fingerprint density at radius 1 is 1.17 bits per heavy atom. The Hall–Kier alpha value is -2.85. The molecule has 0 aliphatic rings.